The van der Waals surface area contributed by atoms with Crippen LogP contribution >= 0.6 is 11.8 Å². The predicted octanol–water partition coefficient (Wildman–Crippen LogP) is 3.59. The fourth-order valence-corrected chi connectivity index (χ4v) is 4.05. The van der Waals surface area contributed by atoms with E-state index in [0.29, 0.717) is 11.6 Å². The van der Waals surface area contributed by atoms with Gasteiger partial charge in [-0.25, -0.2) is 0 Å². The van der Waals surface area contributed by atoms with Crippen LogP contribution < -0.4 is 5.32 Å². The molecule has 2 fully saturated rings. The Hall–Kier alpha value is -0.220. The summed E-state index contributed by atoms with van der Waals surface area (Å²) in [5.74, 6) is 1.22. The van der Waals surface area contributed by atoms with E-state index < -0.39 is 0 Å². The lowest BCUT2D eigenvalue weighted by molar-refractivity contribution is 0.0764. The first kappa shape index (κ1) is 15.2. The third-order valence-corrected chi connectivity index (χ3v) is 5.13. The summed E-state index contributed by atoms with van der Waals surface area (Å²) >= 11 is 1.92. The van der Waals surface area contributed by atoms with Crippen molar-refractivity contribution in [2.75, 3.05) is 18.9 Å². The van der Waals surface area contributed by atoms with Crippen LogP contribution in [0.5, 0.6) is 0 Å². The number of nitrogens with zero attached hydrogens (tertiary/aromatic N) is 1. The smallest absolute Gasteiger partial charge is 0.157 e. The molecule has 19 heavy (non-hydrogen) atoms. The summed E-state index contributed by atoms with van der Waals surface area (Å²) < 4.78 is 5.53. The van der Waals surface area contributed by atoms with Crippen molar-refractivity contribution in [1.29, 1.82) is 0 Å². The summed E-state index contributed by atoms with van der Waals surface area (Å²) in [6, 6.07) is 0. The van der Waals surface area contributed by atoms with Gasteiger partial charge in [0.2, 0.25) is 0 Å². The zero-order valence-corrected chi connectivity index (χ0v) is 13.2. The van der Waals surface area contributed by atoms with Crippen molar-refractivity contribution < 1.29 is 4.74 Å². The molecule has 1 heterocycles. The summed E-state index contributed by atoms with van der Waals surface area (Å²) in [5.41, 5.74) is 0.391. The van der Waals surface area contributed by atoms with Gasteiger partial charge < -0.3 is 10.1 Å². The number of ether oxygens (including phenoxy) is 1. The molecule has 1 N–H and O–H groups in total. The van der Waals surface area contributed by atoms with Gasteiger partial charge in [-0.15, -0.1) is 0 Å². The normalized spacial score (nSPS) is 24.3. The second kappa shape index (κ2) is 7.53. The van der Waals surface area contributed by atoms with E-state index in [-0.39, 0.29) is 0 Å². The molecule has 0 unspecified atom stereocenters. The molecule has 1 saturated carbocycles. The molecule has 2 aliphatic rings. The highest BCUT2D eigenvalue weighted by atomic mass is 32.2. The average molecular weight is 284 g/mol. The van der Waals surface area contributed by atoms with Crippen molar-refractivity contribution in [2.24, 2.45) is 4.99 Å². The monoisotopic (exact) mass is 284 g/mol. The molecule has 110 valence electrons. The Morgan fingerprint density at radius 2 is 2.05 bits per heavy atom. The molecular weight excluding hydrogens is 256 g/mol. The third kappa shape index (κ3) is 4.99. The number of nitrogens with one attached hydrogen (secondary N) is 1. The molecule has 3 nitrogen and oxygen atoms in total. The Morgan fingerprint density at radius 3 is 2.79 bits per heavy atom. The molecule has 1 aliphatic heterocycles. The minimum Gasteiger partial charge on any atom is -0.379 e. The topological polar surface area (TPSA) is 33.6 Å². The van der Waals surface area contributed by atoms with Gasteiger partial charge in [0.25, 0.3) is 0 Å². The number of thioether (sulfide) groups is 1. The van der Waals surface area contributed by atoms with Crippen molar-refractivity contribution in [3.8, 4) is 0 Å². The maximum absolute atomic E-state index is 5.53. The van der Waals surface area contributed by atoms with Gasteiger partial charge in [-0.05, 0) is 39.5 Å². The zero-order chi connectivity index (χ0) is 13.6. The molecule has 1 saturated heterocycles. The summed E-state index contributed by atoms with van der Waals surface area (Å²) in [7, 11) is 0. The van der Waals surface area contributed by atoms with Crippen LogP contribution in [-0.2, 0) is 4.74 Å². The van der Waals surface area contributed by atoms with E-state index >= 15 is 0 Å². The van der Waals surface area contributed by atoms with Gasteiger partial charge >= 0.3 is 0 Å². The maximum Gasteiger partial charge on any atom is 0.157 e. The van der Waals surface area contributed by atoms with Crippen molar-refractivity contribution in [3.63, 3.8) is 0 Å². The molecule has 0 aromatic carbocycles. The van der Waals surface area contributed by atoms with Crippen LogP contribution in [-0.4, -0.2) is 35.7 Å². The van der Waals surface area contributed by atoms with E-state index in [9.17, 15) is 0 Å². The number of amidine groups is 1. The van der Waals surface area contributed by atoms with E-state index in [1.807, 2.05) is 11.8 Å². The van der Waals surface area contributed by atoms with Crippen LogP contribution in [0, 0.1) is 0 Å². The number of hydrogen-bond donors (Lipinski definition) is 1. The van der Waals surface area contributed by atoms with Crippen molar-refractivity contribution in [3.05, 3.63) is 0 Å². The quantitative estimate of drug-likeness (QED) is 0.757. The standard InChI is InChI=1S/C15H28N2OS/c1-13(2)18-11-7-6-10-16-14-17-15(12-19-14)8-4-3-5-9-15/h13H,3-12H2,1-2H3,(H,16,17). The lowest BCUT2D eigenvalue weighted by Gasteiger charge is -2.32. The van der Waals surface area contributed by atoms with Gasteiger partial charge in [-0.1, -0.05) is 31.0 Å². The minimum absolute atomic E-state index is 0.351. The summed E-state index contributed by atoms with van der Waals surface area (Å²) in [5, 5.41) is 4.88. The summed E-state index contributed by atoms with van der Waals surface area (Å²) in [6.07, 6.45) is 9.44. The summed E-state index contributed by atoms with van der Waals surface area (Å²) in [4.78, 5) is 4.70. The summed E-state index contributed by atoms with van der Waals surface area (Å²) in [6.45, 7) is 5.98. The Labute approximate surface area is 122 Å². The van der Waals surface area contributed by atoms with Crippen molar-refractivity contribution in [2.45, 2.75) is 70.4 Å². The van der Waals surface area contributed by atoms with Gasteiger partial charge in [0.05, 0.1) is 6.10 Å². The Morgan fingerprint density at radius 1 is 1.26 bits per heavy atom. The first-order chi connectivity index (χ1) is 9.20. The third-order valence-electron chi connectivity index (χ3n) is 3.93. The molecule has 0 aromatic heterocycles. The van der Waals surface area contributed by atoms with Crippen LogP contribution in [0.15, 0.2) is 4.99 Å². The van der Waals surface area contributed by atoms with Crippen LogP contribution in [0.25, 0.3) is 0 Å². The fraction of sp³-hybridized carbons (Fsp3) is 0.933. The first-order valence-corrected chi connectivity index (χ1v) is 8.76. The van der Waals surface area contributed by atoms with Crippen LogP contribution in [0.3, 0.4) is 0 Å². The lowest BCUT2D eigenvalue weighted by Crippen LogP contribution is -2.45. The molecular formula is C15H28N2OS. The van der Waals surface area contributed by atoms with Crippen molar-refractivity contribution >= 4 is 16.9 Å². The molecule has 2 rings (SSSR count). The number of aliphatic imine (C=N–C) groups is 1. The second-order valence-corrected chi connectivity index (χ2v) is 7.03. The van der Waals surface area contributed by atoms with Gasteiger partial charge in [0.1, 0.15) is 0 Å². The zero-order valence-electron chi connectivity index (χ0n) is 12.4. The largest absolute Gasteiger partial charge is 0.379 e. The van der Waals surface area contributed by atoms with Gasteiger partial charge in [0.15, 0.2) is 5.17 Å². The van der Waals surface area contributed by atoms with E-state index in [4.69, 9.17) is 9.73 Å². The number of unbranched alkanes of at least 4 members (excludes halogenated alkanes) is 1. The van der Waals surface area contributed by atoms with E-state index in [1.54, 1.807) is 0 Å². The van der Waals surface area contributed by atoms with E-state index in [0.717, 1.165) is 26.0 Å². The molecule has 0 bridgehead atoms. The number of hydrogen-bond acceptors (Lipinski definition) is 3. The average Bonchev–Trinajstić information content (AvgIpc) is 2.77. The highest BCUT2D eigenvalue weighted by Crippen LogP contribution is 2.36. The molecule has 4 heteroatoms. The molecule has 0 atom stereocenters. The SMILES string of the molecule is CC(C)OCCCCN=C1NC2(CCCCC2)CS1. The number of rotatable bonds is 6. The Balaban J connectivity index is 1.62. The van der Waals surface area contributed by atoms with Crippen LogP contribution in [0.1, 0.15) is 58.8 Å². The Bertz CT molecular complexity index is 299. The molecule has 0 radical (unpaired) electrons. The van der Waals surface area contributed by atoms with Crippen LogP contribution in [0.2, 0.25) is 0 Å². The van der Waals surface area contributed by atoms with Gasteiger partial charge in [-0.3, -0.25) is 4.99 Å². The van der Waals surface area contributed by atoms with E-state index in [2.05, 4.69) is 19.2 Å². The van der Waals surface area contributed by atoms with Crippen LogP contribution in [0.4, 0.5) is 0 Å². The molecule has 0 aromatic rings. The highest BCUT2D eigenvalue weighted by Gasteiger charge is 2.37. The second-order valence-electron chi connectivity index (χ2n) is 6.07. The molecule has 0 amide bonds. The highest BCUT2D eigenvalue weighted by molar-refractivity contribution is 8.14. The van der Waals surface area contributed by atoms with E-state index in [1.165, 1.54) is 43.0 Å². The first-order valence-electron chi connectivity index (χ1n) is 7.77. The molecule has 1 spiro atoms. The van der Waals surface area contributed by atoms with Gasteiger partial charge in [0, 0.05) is 24.4 Å². The predicted molar refractivity (Wildman–Crippen MR) is 84.0 cm³/mol. The van der Waals surface area contributed by atoms with Crippen molar-refractivity contribution in [1.82, 2.24) is 5.32 Å². The fourth-order valence-electron chi connectivity index (χ4n) is 2.80. The lowest BCUT2D eigenvalue weighted by atomic mass is 9.83. The maximum atomic E-state index is 5.53. The minimum atomic E-state index is 0.351. The Kier molecular flexibility index (Phi) is 6.02. The van der Waals surface area contributed by atoms with Gasteiger partial charge in [-0.2, -0.15) is 0 Å². The molecule has 1 aliphatic carbocycles.